The van der Waals surface area contributed by atoms with Gasteiger partial charge in [0.05, 0.1) is 33.1 Å². The molecule has 0 spiro atoms. The summed E-state index contributed by atoms with van der Waals surface area (Å²) < 4.78 is 17.8. The number of likely N-dealkylation sites (N-methyl/N-ethyl adjacent to an activating group) is 1. The van der Waals surface area contributed by atoms with Gasteiger partial charge in [-0.2, -0.15) is 5.10 Å². The predicted molar refractivity (Wildman–Crippen MR) is 72.6 cm³/mol. The van der Waals surface area contributed by atoms with Crippen molar-refractivity contribution in [2.45, 2.75) is 25.4 Å². The van der Waals surface area contributed by atoms with Crippen LogP contribution in [-0.4, -0.2) is 67.0 Å². The van der Waals surface area contributed by atoms with Crippen molar-refractivity contribution in [3.8, 4) is 5.75 Å². The van der Waals surface area contributed by atoms with Crippen molar-refractivity contribution in [1.29, 1.82) is 0 Å². The zero-order chi connectivity index (χ0) is 14.5. The number of ether oxygens (including phenoxy) is 3. The molecule has 1 aliphatic rings. The molecule has 1 N–H and O–H groups in total. The molecule has 114 valence electrons. The van der Waals surface area contributed by atoms with Crippen molar-refractivity contribution in [1.82, 2.24) is 14.7 Å². The highest BCUT2D eigenvalue weighted by atomic mass is 16.7. The van der Waals surface area contributed by atoms with Crippen LogP contribution in [0.5, 0.6) is 5.75 Å². The molecule has 1 unspecified atom stereocenters. The molecule has 1 aromatic heterocycles. The Morgan fingerprint density at radius 2 is 2.20 bits per heavy atom. The average molecular weight is 285 g/mol. The number of nitrogens with zero attached hydrogens (tertiary/aromatic N) is 3. The Bertz CT molecular complexity index is 416. The Morgan fingerprint density at radius 3 is 2.80 bits per heavy atom. The van der Waals surface area contributed by atoms with Gasteiger partial charge in [-0.25, -0.2) is 0 Å². The Morgan fingerprint density at radius 1 is 1.50 bits per heavy atom. The second kappa shape index (κ2) is 7.03. The molecule has 7 nitrogen and oxygen atoms in total. The third kappa shape index (κ3) is 3.69. The molecular formula is C13H23N3O4. The summed E-state index contributed by atoms with van der Waals surface area (Å²) in [6.45, 7) is 2.68. The van der Waals surface area contributed by atoms with E-state index in [1.807, 2.05) is 14.1 Å². The van der Waals surface area contributed by atoms with E-state index in [4.69, 9.17) is 14.2 Å². The fourth-order valence-corrected chi connectivity index (χ4v) is 2.18. The molecule has 7 heteroatoms. The summed E-state index contributed by atoms with van der Waals surface area (Å²) >= 11 is 0. The third-order valence-corrected chi connectivity index (χ3v) is 3.25. The summed E-state index contributed by atoms with van der Waals surface area (Å²) in [5.41, 5.74) is 0.674. The molecule has 0 amide bonds. The number of hydrogen-bond donors (Lipinski definition) is 1. The van der Waals surface area contributed by atoms with Crippen molar-refractivity contribution in [2.24, 2.45) is 0 Å². The molecule has 20 heavy (non-hydrogen) atoms. The standard InChI is InChI=1S/C13H23N3O4/c1-15(2)4-5-16-13(11(18-3)9-14-16)10(17)8-12-19-6-7-20-12/h9-10,12,17H,4-8H2,1-3H3. The zero-order valence-corrected chi connectivity index (χ0v) is 12.3. The van der Waals surface area contributed by atoms with Gasteiger partial charge in [0.2, 0.25) is 0 Å². The van der Waals surface area contributed by atoms with Crippen molar-refractivity contribution in [3.05, 3.63) is 11.9 Å². The highest BCUT2D eigenvalue weighted by molar-refractivity contribution is 5.27. The maximum Gasteiger partial charge on any atom is 0.162 e. The molecule has 2 rings (SSSR count). The molecular weight excluding hydrogens is 262 g/mol. The van der Waals surface area contributed by atoms with Crippen molar-refractivity contribution >= 4 is 0 Å². The van der Waals surface area contributed by atoms with E-state index >= 15 is 0 Å². The number of aliphatic hydroxyl groups is 1. The Balaban J connectivity index is 2.07. The quantitative estimate of drug-likeness (QED) is 0.774. The number of rotatable bonds is 7. The minimum atomic E-state index is -0.724. The summed E-state index contributed by atoms with van der Waals surface area (Å²) in [5.74, 6) is 0.592. The monoisotopic (exact) mass is 285 g/mol. The fourth-order valence-electron chi connectivity index (χ4n) is 2.18. The third-order valence-electron chi connectivity index (χ3n) is 3.25. The summed E-state index contributed by atoms with van der Waals surface area (Å²) in [4.78, 5) is 2.06. The van der Waals surface area contributed by atoms with Crippen LogP contribution in [0.3, 0.4) is 0 Å². The van der Waals surface area contributed by atoms with Crippen LogP contribution in [0.1, 0.15) is 18.2 Å². The summed E-state index contributed by atoms with van der Waals surface area (Å²) in [6.07, 6.45) is 0.929. The molecule has 0 saturated carbocycles. The van der Waals surface area contributed by atoms with Gasteiger partial charge in [0.15, 0.2) is 12.0 Å². The molecule has 1 aliphatic heterocycles. The van der Waals surface area contributed by atoms with Crippen LogP contribution in [0.2, 0.25) is 0 Å². The molecule has 1 fully saturated rings. The Kier molecular flexibility index (Phi) is 5.36. The SMILES string of the molecule is COc1cnn(CCN(C)C)c1C(O)CC1OCCO1. The topological polar surface area (TPSA) is 69.0 Å². The van der Waals surface area contributed by atoms with Crippen LogP contribution in [0.25, 0.3) is 0 Å². The van der Waals surface area contributed by atoms with Crippen LogP contribution in [0.4, 0.5) is 0 Å². The van der Waals surface area contributed by atoms with Crippen LogP contribution in [0, 0.1) is 0 Å². The van der Waals surface area contributed by atoms with E-state index < -0.39 is 6.10 Å². The lowest BCUT2D eigenvalue weighted by Gasteiger charge is -2.18. The summed E-state index contributed by atoms with van der Waals surface area (Å²) in [5, 5.41) is 14.7. The van der Waals surface area contributed by atoms with Crippen LogP contribution < -0.4 is 4.74 Å². The van der Waals surface area contributed by atoms with Gasteiger partial charge in [0.25, 0.3) is 0 Å². The van der Waals surface area contributed by atoms with Gasteiger partial charge in [-0.05, 0) is 14.1 Å². The van der Waals surface area contributed by atoms with Gasteiger partial charge in [-0.1, -0.05) is 0 Å². The van der Waals surface area contributed by atoms with E-state index in [-0.39, 0.29) is 6.29 Å². The Labute approximate surface area is 119 Å². The van der Waals surface area contributed by atoms with Gasteiger partial charge in [0, 0.05) is 13.0 Å². The van der Waals surface area contributed by atoms with Crippen LogP contribution in [-0.2, 0) is 16.0 Å². The van der Waals surface area contributed by atoms with Crippen molar-refractivity contribution in [3.63, 3.8) is 0 Å². The average Bonchev–Trinajstić information content (AvgIpc) is 3.04. The number of hydrogen-bond acceptors (Lipinski definition) is 6. The van der Waals surface area contributed by atoms with Gasteiger partial charge < -0.3 is 24.2 Å². The van der Waals surface area contributed by atoms with Crippen molar-refractivity contribution < 1.29 is 19.3 Å². The minimum absolute atomic E-state index is 0.355. The smallest absolute Gasteiger partial charge is 0.162 e. The van der Waals surface area contributed by atoms with Crippen LogP contribution >= 0.6 is 0 Å². The van der Waals surface area contributed by atoms with Crippen LogP contribution in [0.15, 0.2) is 6.20 Å². The van der Waals surface area contributed by atoms with Crippen molar-refractivity contribution in [2.75, 3.05) is 41.0 Å². The maximum absolute atomic E-state index is 10.4. The molecule has 1 atom stereocenters. The van der Waals surface area contributed by atoms with Gasteiger partial charge >= 0.3 is 0 Å². The second-order valence-electron chi connectivity index (χ2n) is 5.05. The molecule has 0 radical (unpaired) electrons. The second-order valence-corrected chi connectivity index (χ2v) is 5.05. The molecule has 0 bridgehead atoms. The Hall–Kier alpha value is -1.15. The highest BCUT2D eigenvalue weighted by Gasteiger charge is 2.26. The first-order chi connectivity index (χ1) is 9.61. The molecule has 1 saturated heterocycles. The lowest BCUT2D eigenvalue weighted by Crippen LogP contribution is -2.22. The van der Waals surface area contributed by atoms with E-state index in [0.717, 1.165) is 6.54 Å². The van der Waals surface area contributed by atoms with E-state index in [1.54, 1.807) is 18.0 Å². The van der Waals surface area contributed by atoms with Gasteiger partial charge in [-0.3, -0.25) is 4.68 Å². The normalized spacial score (nSPS) is 17.9. The first-order valence-electron chi connectivity index (χ1n) is 6.77. The molecule has 0 aromatic carbocycles. The van der Waals surface area contributed by atoms with E-state index in [2.05, 4.69) is 10.00 Å². The lowest BCUT2D eigenvalue weighted by molar-refractivity contribution is -0.0722. The first kappa shape index (κ1) is 15.2. The number of methoxy groups -OCH3 is 1. The van der Waals surface area contributed by atoms with Gasteiger partial charge in [-0.15, -0.1) is 0 Å². The van der Waals surface area contributed by atoms with E-state index in [9.17, 15) is 5.11 Å². The minimum Gasteiger partial charge on any atom is -0.493 e. The summed E-state index contributed by atoms with van der Waals surface area (Å²) in [6, 6.07) is 0. The lowest BCUT2D eigenvalue weighted by atomic mass is 10.1. The molecule has 2 heterocycles. The van der Waals surface area contributed by atoms with E-state index in [0.29, 0.717) is 37.6 Å². The van der Waals surface area contributed by atoms with E-state index in [1.165, 1.54) is 0 Å². The number of aromatic nitrogens is 2. The highest BCUT2D eigenvalue weighted by Crippen LogP contribution is 2.29. The number of aliphatic hydroxyl groups excluding tert-OH is 1. The predicted octanol–water partition coefficient (Wildman–Crippen LogP) is 0.250. The molecule has 1 aromatic rings. The largest absolute Gasteiger partial charge is 0.493 e. The summed E-state index contributed by atoms with van der Waals surface area (Å²) in [7, 11) is 5.57. The fraction of sp³-hybridized carbons (Fsp3) is 0.769. The zero-order valence-electron chi connectivity index (χ0n) is 12.3. The maximum atomic E-state index is 10.4. The first-order valence-corrected chi connectivity index (χ1v) is 6.77. The molecule has 0 aliphatic carbocycles. The van der Waals surface area contributed by atoms with Gasteiger partial charge in [0.1, 0.15) is 11.8 Å².